The standard InChI is InChI=1S/C12H19N3S/c1-10(13)11-4-2-5-14-12(11)15-6-3-8-16-9-7-15/h2,4-5,10H,3,6-9,13H2,1H3. The summed E-state index contributed by atoms with van der Waals surface area (Å²) in [4.78, 5) is 6.88. The second-order valence-corrected chi connectivity index (χ2v) is 5.38. The molecule has 0 aliphatic carbocycles. The molecule has 2 rings (SSSR count). The van der Waals surface area contributed by atoms with Gasteiger partial charge in [-0.1, -0.05) is 6.07 Å². The van der Waals surface area contributed by atoms with Crippen LogP contribution in [0.5, 0.6) is 0 Å². The zero-order valence-electron chi connectivity index (χ0n) is 9.72. The lowest BCUT2D eigenvalue weighted by atomic mass is 10.1. The highest BCUT2D eigenvalue weighted by Crippen LogP contribution is 2.24. The van der Waals surface area contributed by atoms with Crippen molar-refractivity contribution in [2.75, 3.05) is 29.5 Å². The Labute approximate surface area is 101 Å². The number of hydrogen-bond acceptors (Lipinski definition) is 4. The Hall–Kier alpha value is -0.740. The summed E-state index contributed by atoms with van der Waals surface area (Å²) in [6.45, 7) is 4.21. The van der Waals surface area contributed by atoms with Gasteiger partial charge in [0.05, 0.1) is 0 Å². The average Bonchev–Trinajstić information content (AvgIpc) is 2.57. The average molecular weight is 237 g/mol. The maximum atomic E-state index is 5.99. The molecular weight excluding hydrogens is 218 g/mol. The molecule has 0 saturated carbocycles. The molecule has 1 unspecified atom stereocenters. The van der Waals surface area contributed by atoms with E-state index in [9.17, 15) is 0 Å². The first-order valence-electron chi connectivity index (χ1n) is 5.82. The number of hydrogen-bond donors (Lipinski definition) is 1. The van der Waals surface area contributed by atoms with Gasteiger partial charge in [-0.15, -0.1) is 0 Å². The predicted octanol–water partition coefficient (Wildman–Crippen LogP) is 2.04. The third kappa shape index (κ3) is 2.68. The third-order valence-corrected chi connectivity index (χ3v) is 3.88. The normalized spacial score (nSPS) is 19.2. The van der Waals surface area contributed by atoms with Crippen molar-refractivity contribution >= 4 is 17.6 Å². The molecule has 1 saturated heterocycles. The molecule has 16 heavy (non-hydrogen) atoms. The molecule has 1 aliphatic rings. The maximum absolute atomic E-state index is 5.99. The van der Waals surface area contributed by atoms with E-state index in [0.29, 0.717) is 0 Å². The van der Waals surface area contributed by atoms with Gasteiger partial charge in [0.15, 0.2) is 0 Å². The zero-order chi connectivity index (χ0) is 11.4. The summed E-state index contributed by atoms with van der Waals surface area (Å²) in [7, 11) is 0. The van der Waals surface area contributed by atoms with Crippen LogP contribution in [-0.4, -0.2) is 29.6 Å². The van der Waals surface area contributed by atoms with Gasteiger partial charge in [0.25, 0.3) is 0 Å². The van der Waals surface area contributed by atoms with E-state index < -0.39 is 0 Å². The van der Waals surface area contributed by atoms with Crippen molar-refractivity contribution in [1.82, 2.24) is 4.98 Å². The van der Waals surface area contributed by atoms with E-state index >= 15 is 0 Å². The molecule has 1 aromatic heterocycles. The van der Waals surface area contributed by atoms with Crippen molar-refractivity contribution in [1.29, 1.82) is 0 Å². The maximum Gasteiger partial charge on any atom is 0.133 e. The number of pyridine rings is 1. The molecule has 88 valence electrons. The highest BCUT2D eigenvalue weighted by Gasteiger charge is 2.16. The van der Waals surface area contributed by atoms with Crippen LogP contribution in [0.25, 0.3) is 0 Å². The van der Waals surface area contributed by atoms with Crippen LogP contribution in [0.4, 0.5) is 5.82 Å². The first kappa shape index (κ1) is 11.7. The summed E-state index contributed by atoms with van der Waals surface area (Å²) >= 11 is 2.03. The Kier molecular flexibility index (Phi) is 4.07. The summed E-state index contributed by atoms with van der Waals surface area (Å²) in [5.74, 6) is 3.53. The Morgan fingerprint density at radius 2 is 2.31 bits per heavy atom. The van der Waals surface area contributed by atoms with Crippen molar-refractivity contribution < 1.29 is 0 Å². The van der Waals surface area contributed by atoms with E-state index in [1.165, 1.54) is 17.9 Å². The highest BCUT2D eigenvalue weighted by atomic mass is 32.2. The second-order valence-electron chi connectivity index (χ2n) is 4.16. The van der Waals surface area contributed by atoms with Gasteiger partial charge in [-0.05, 0) is 25.2 Å². The number of nitrogens with zero attached hydrogens (tertiary/aromatic N) is 2. The van der Waals surface area contributed by atoms with Crippen LogP contribution in [-0.2, 0) is 0 Å². The van der Waals surface area contributed by atoms with Crippen molar-refractivity contribution in [3.63, 3.8) is 0 Å². The van der Waals surface area contributed by atoms with Gasteiger partial charge in [-0.2, -0.15) is 11.8 Å². The van der Waals surface area contributed by atoms with Crippen LogP contribution in [0, 0.1) is 0 Å². The number of anilines is 1. The van der Waals surface area contributed by atoms with Gasteiger partial charge in [-0.3, -0.25) is 0 Å². The Bertz CT molecular complexity index is 333. The molecule has 2 heterocycles. The molecule has 0 aromatic carbocycles. The summed E-state index contributed by atoms with van der Waals surface area (Å²) in [5, 5.41) is 0. The molecule has 2 N–H and O–H groups in total. The largest absolute Gasteiger partial charge is 0.355 e. The van der Waals surface area contributed by atoms with Gasteiger partial charge in [0.2, 0.25) is 0 Å². The van der Waals surface area contributed by atoms with E-state index in [2.05, 4.69) is 16.0 Å². The quantitative estimate of drug-likeness (QED) is 0.855. The van der Waals surface area contributed by atoms with E-state index in [-0.39, 0.29) is 6.04 Å². The molecule has 0 spiro atoms. The fourth-order valence-electron chi connectivity index (χ4n) is 1.99. The highest BCUT2D eigenvalue weighted by molar-refractivity contribution is 7.99. The summed E-state index contributed by atoms with van der Waals surface area (Å²) in [6, 6.07) is 4.11. The fraction of sp³-hybridized carbons (Fsp3) is 0.583. The molecule has 0 bridgehead atoms. The van der Waals surface area contributed by atoms with Crippen LogP contribution in [0.15, 0.2) is 18.3 Å². The molecule has 3 nitrogen and oxygen atoms in total. The van der Waals surface area contributed by atoms with Crippen molar-refractivity contribution in [2.45, 2.75) is 19.4 Å². The van der Waals surface area contributed by atoms with Gasteiger partial charge < -0.3 is 10.6 Å². The van der Waals surface area contributed by atoms with Crippen LogP contribution < -0.4 is 10.6 Å². The lowest BCUT2D eigenvalue weighted by Crippen LogP contribution is -2.28. The van der Waals surface area contributed by atoms with Crippen LogP contribution in [0.3, 0.4) is 0 Å². The van der Waals surface area contributed by atoms with E-state index in [4.69, 9.17) is 5.73 Å². The van der Waals surface area contributed by atoms with Gasteiger partial charge >= 0.3 is 0 Å². The molecule has 1 fully saturated rings. The first-order chi connectivity index (χ1) is 7.79. The number of thioether (sulfide) groups is 1. The Morgan fingerprint density at radius 1 is 1.44 bits per heavy atom. The van der Waals surface area contributed by atoms with Crippen molar-refractivity contribution in [3.05, 3.63) is 23.9 Å². The van der Waals surface area contributed by atoms with E-state index in [0.717, 1.165) is 24.5 Å². The van der Waals surface area contributed by atoms with Gasteiger partial charge in [0, 0.05) is 36.6 Å². The van der Waals surface area contributed by atoms with Crippen LogP contribution in [0.1, 0.15) is 24.9 Å². The molecule has 1 aliphatic heterocycles. The molecule has 0 radical (unpaired) electrons. The topological polar surface area (TPSA) is 42.1 Å². The molecular formula is C12H19N3S. The summed E-state index contributed by atoms with van der Waals surface area (Å²) < 4.78 is 0. The Morgan fingerprint density at radius 3 is 3.12 bits per heavy atom. The zero-order valence-corrected chi connectivity index (χ0v) is 10.5. The van der Waals surface area contributed by atoms with Crippen molar-refractivity contribution in [2.24, 2.45) is 5.73 Å². The minimum Gasteiger partial charge on any atom is -0.355 e. The number of rotatable bonds is 2. The minimum absolute atomic E-state index is 0.0552. The minimum atomic E-state index is 0.0552. The summed E-state index contributed by atoms with van der Waals surface area (Å²) in [6.07, 6.45) is 3.10. The summed E-state index contributed by atoms with van der Waals surface area (Å²) in [5.41, 5.74) is 7.15. The monoisotopic (exact) mass is 237 g/mol. The van der Waals surface area contributed by atoms with Crippen LogP contribution in [0.2, 0.25) is 0 Å². The molecule has 0 amide bonds. The SMILES string of the molecule is CC(N)c1cccnc1N1CCCSCC1. The Balaban J connectivity index is 2.23. The van der Waals surface area contributed by atoms with Crippen molar-refractivity contribution in [3.8, 4) is 0 Å². The smallest absolute Gasteiger partial charge is 0.133 e. The third-order valence-electron chi connectivity index (χ3n) is 2.83. The number of nitrogens with two attached hydrogens (primary N) is 1. The van der Waals surface area contributed by atoms with Gasteiger partial charge in [0.1, 0.15) is 5.82 Å². The fourth-order valence-corrected chi connectivity index (χ4v) is 2.87. The van der Waals surface area contributed by atoms with Gasteiger partial charge in [-0.25, -0.2) is 4.98 Å². The van der Waals surface area contributed by atoms with E-state index in [1.807, 2.05) is 30.9 Å². The second kappa shape index (κ2) is 5.55. The van der Waals surface area contributed by atoms with Crippen LogP contribution >= 0.6 is 11.8 Å². The molecule has 4 heteroatoms. The lowest BCUT2D eigenvalue weighted by Gasteiger charge is -2.24. The van der Waals surface area contributed by atoms with E-state index in [1.54, 1.807) is 0 Å². The predicted molar refractivity (Wildman–Crippen MR) is 71.0 cm³/mol. The lowest BCUT2D eigenvalue weighted by molar-refractivity contribution is 0.758. The molecule has 1 aromatic rings. The first-order valence-corrected chi connectivity index (χ1v) is 6.97. The molecule has 1 atom stereocenters. The number of aromatic nitrogens is 1.